The van der Waals surface area contributed by atoms with Gasteiger partial charge in [-0.1, -0.05) is 43.4 Å². The highest BCUT2D eigenvalue weighted by Gasteiger charge is 2.43. The molecule has 2 N–H and O–H groups in total. The lowest BCUT2D eigenvalue weighted by Crippen LogP contribution is -2.37. The molecule has 0 radical (unpaired) electrons. The van der Waals surface area contributed by atoms with Crippen molar-refractivity contribution in [1.29, 1.82) is 0 Å². The topological polar surface area (TPSA) is 41.7 Å². The normalized spacial score (nSPS) is 15.4. The third-order valence-corrected chi connectivity index (χ3v) is 8.73. The molecule has 0 aliphatic carbocycles. The van der Waals surface area contributed by atoms with Gasteiger partial charge in [0.05, 0.1) is 24.4 Å². The second kappa shape index (κ2) is 12.1. The molecule has 40 heavy (non-hydrogen) atoms. The van der Waals surface area contributed by atoms with Crippen molar-refractivity contribution in [2.75, 3.05) is 27.7 Å². The third-order valence-electron chi connectivity index (χ3n) is 7.03. The molecule has 1 heterocycles. The fourth-order valence-corrected chi connectivity index (χ4v) is 6.48. The summed E-state index contributed by atoms with van der Waals surface area (Å²) in [5.74, 6) is 4.28. The van der Waals surface area contributed by atoms with Crippen molar-refractivity contribution in [1.82, 2.24) is 9.80 Å². The minimum absolute atomic E-state index is 0.0245. The Bertz CT molecular complexity index is 1470. The number of ether oxygens (including phenoxy) is 1. The highest BCUT2D eigenvalue weighted by molar-refractivity contribution is 7.99. The Morgan fingerprint density at radius 3 is 2.25 bits per heavy atom. The first-order valence-corrected chi connectivity index (χ1v) is 14.0. The summed E-state index contributed by atoms with van der Waals surface area (Å²) >= 11 is 7.70. The maximum absolute atomic E-state index is 14.9. The molecule has 4 nitrogen and oxygen atoms in total. The number of thioether (sulfide) groups is 1. The van der Waals surface area contributed by atoms with Gasteiger partial charge in [0.25, 0.3) is 0 Å². The fraction of sp³-hybridized carbons (Fsp3) is 0.290. The minimum Gasteiger partial charge on any atom is -0.495 e. The lowest BCUT2D eigenvalue weighted by molar-refractivity contribution is 0.273. The van der Waals surface area contributed by atoms with E-state index in [0.717, 1.165) is 22.5 Å². The van der Waals surface area contributed by atoms with Crippen molar-refractivity contribution >= 4 is 29.1 Å². The molecule has 3 aromatic carbocycles. The molecule has 9 heteroatoms. The summed E-state index contributed by atoms with van der Waals surface area (Å²) < 4.78 is 49.2. The smallest absolute Gasteiger partial charge is 0.150 e. The van der Waals surface area contributed by atoms with Gasteiger partial charge in [-0.2, -0.15) is 0 Å². The molecule has 1 aliphatic heterocycles. The molecule has 1 atom stereocenters. The second-order valence-electron chi connectivity index (χ2n) is 9.96. The lowest BCUT2D eigenvalue weighted by atomic mass is 9.79. The number of likely N-dealkylation sites (N-methyl/N-ethyl adjacent to an activating group) is 1. The highest BCUT2D eigenvalue weighted by atomic mass is 35.5. The van der Waals surface area contributed by atoms with Gasteiger partial charge in [0.1, 0.15) is 23.2 Å². The lowest BCUT2D eigenvalue weighted by Gasteiger charge is -2.35. The molecule has 0 fully saturated rings. The summed E-state index contributed by atoms with van der Waals surface area (Å²) in [6.45, 7) is 4.28. The van der Waals surface area contributed by atoms with Crippen molar-refractivity contribution in [3.05, 3.63) is 105 Å². The van der Waals surface area contributed by atoms with Crippen LogP contribution in [0.25, 0.3) is 5.70 Å². The van der Waals surface area contributed by atoms with Crippen molar-refractivity contribution in [3.8, 4) is 17.6 Å². The first-order valence-electron chi connectivity index (χ1n) is 12.6. The number of methoxy groups -OCH3 is 1. The van der Waals surface area contributed by atoms with E-state index in [-0.39, 0.29) is 34.7 Å². The van der Waals surface area contributed by atoms with E-state index in [1.54, 1.807) is 25.3 Å². The predicted octanol–water partition coefficient (Wildman–Crippen LogP) is 6.82. The van der Waals surface area contributed by atoms with Gasteiger partial charge in [-0.3, -0.25) is 0 Å². The zero-order valence-corrected chi connectivity index (χ0v) is 24.6. The highest BCUT2D eigenvalue weighted by Crippen LogP contribution is 2.48. The number of hydrogen-bond acceptors (Lipinski definition) is 5. The van der Waals surface area contributed by atoms with Gasteiger partial charge in [0.15, 0.2) is 5.50 Å². The third kappa shape index (κ3) is 5.78. The van der Waals surface area contributed by atoms with Gasteiger partial charge in [-0.25, -0.2) is 13.2 Å². The van der Waals surface area contributed by atoms with E-state index in [1.165, 1.54) is 36.0 Å². The van der Waals surface area contributed by atoms with Crippen LogP contribution in [0.1, 0.15) is 36.1 Å². The number of nitrogens with two attached hydrogens (primary N) is 1. The zero-order valence-electron chi connectivity index (χ0n) is 23.0. The molecule has 1 unspecified atom stereocenters. The number of allylic oxidation sites excluding steroid dienone is 1. The largest absolute Gasteiger partial charge is 0.495 e. The molecule has 1 aliphatic rings. The molecule has 0 bridgehead atoms. The Hall–Kier alpha value is -3.25. The summed E-state index contributed by atoms with van der Waals surface area (Å²) in [7, 11) is 5.45. The van der Waals surface area contributed by atoms with Crippen LogP contribution in [0, 0.1) is 29.3 Å². The molecule has 0 saturated carbocycles. The van der Waals surface area contributed by atoms with Crippen LogP contribution >= 0.6 is 23.4 Å². The predicted molar refractivity (Wildman–Crippen MR) is 157 cm³/mol. The van der Waals surface area contributed by atoms with Crippen LogP contribution in [-0.2, 0) is 11.2 Å². The Balaban J connectivity index is 1.73. The molecule has 4 rings (SSSR count). The van der Waals surface area contributed by atoms with Crippen LogP contribution in [0.4, 0.5) is 13.2 Å². The average Bonchev–Trinajstić information content (AvgIpc) is 3.17. The van der Waals surface area contributed by atoms with Crippen molar-refractivity contribution in [2.24, 2.45) is 5.73 Å². The molecular formula is C31H31ClF3N3OS. The molecule has 3 aromatic rings. The Morgan fingerprint density at radius 1 is 1.00 bits per heavy atom. The fourth-order valence-electron chi connectivity index (χ4n) is 5.03. The first-order chi connectivity index (χ1) is 19.0. The molecule has 0 spiro atoms. The monoisotopic (exact) mass is 585 g/mol. The van der Waals surface area contributed by atoms with Gasteiger partial charge in [0.2, 0.25) is 0 Å². The van der Waals surface area contributed by atoms with Crippen LogP contribution in [0.3, 0.4) is 0 Å². The van der Waals surface area contributed by atoms with Crippen LogP contribution in [-0.4, -0.2) is 43.0 Å². The van der Waals surface area contributed by atoms with Crippen LogP contribution in [0.5, 0.6) is 5.75 Å². The van der Waals surface area contributed by atoms with E-state index < -0.39 is 17.0 Å². The van der Waals surface area contributed by atoms with E-state index in [1.807, 2.05) is 26.2 Å². The van der Waals surface area contributed by atoms with Crippen molar-refractivity contribution in [2.45, 2.75) is 30.5 Å². The summed E-state index contributed by atoms with van der Waals surface area (Å²) in [5, 5.41) is 0.504. The summed E-state index contributed by atoms with van der Waals surface area (Å²) in [6, 6.07) is 14.4. The van der Waals surface area contributed by atoms with Gasteiger partial charge in [-0.05, 0) is 59.7 Å². The van der Waals surface area contributed by atoms with Gasteiger partial charge < -0.3 is 20.3 Å². The quantitative estimate of drug-likeness (QED) is 0.308. The number of nitrogens with zero attached hydrogens (tertiary/aromatic N) is 2. The molecule has 0 saturated heterocycles. The SMILES string of the molecule is COc1cc(C(C)(C)C2=C(c3ccc(F)cc3)N(C)C(SCc3c(F)cc(C#CCN)cc3F)N2C)ccc1Cl. The number of rotatable bonds is 7. The maximum atomic E-state index is 14.9. The standard InChI is InChI=1S/C31H31ClF3N3OS/c1-31(2,21-10-13-24(32)27(17-21)39-5)29-28(20-8-11-22(33)12-9-20)37(3)30(38(29)4)40-18-23-25(34)15-19(7-6-14-36)16-26(23)35/h8-13,15-17,30H,14,18,36H2,1-5H3. The molecule has 0 aromatic heterocycles. The average molecular weight is 586 g/mol. The van der Waals surface area contributed by atoms with E-state index in [9.17, 15) is 13.2 Å². The van der Waals surface area contributed by atoms with E-state index >= 15 is 0 Å². The first kappa shape index (κ1) is 29.7. The van der Waals surface area contributed by atoms with Gasteiger partial charge in [0, 0.05) is 42.1 Å². The van der Waals surface area contributed by atoms with E-state index in [4.69, 9.17) is 22.1 Å². The van der Waals surface area contributed by atoms with Crippen molar-refractivity contribution in [3.63, 3.8) is 0 Å². The molecule has 0 amide bonds. The van der Waals surface area contributed by atoms with E-state index in [2.05, 4.69) is 35.5 Å². The zero-order chi connectivity index (χ0) is 29.2. The molecular weight excluding hydrogens is 555 g/mol. The summed E-state index contributed by atoms with van der Waals surface area (Å²) in [5.41, 5.74) is 8.35. The van der Waals surface area contributed by atoms with Crippen LogP contribution in [0.2, 0.25) is 5.02 Å². The maximum Gasteiger partial charge on any atom is 0.150 e. The number of hydrogen-bond donors (Lipinski definition) is 1. The summed E-state index contributed by atoms with van der Waals surface area (Å²) in [4.78, 5) is 4.15. The minimum atomic E-state index is -0.655. The number of benzene rings is 3. The van der Waals surface area contributed by atoms with E-state index in [0.29, 0.717) is 10.8 Å². The van der Waals surface area contributed by atoms with Gasteiger partial charge >= 0.3 is 0 Å². The van der Waals surface area contributed by atoms with Gasteiger partial charge in [-0.15, -0.1) is 11.8 Å². The van der Waals surface area contributed by atoms with Crippen molar-refractivity contribution < 1.29 is 17.9 Å². The second-order valence-corrected chi connectivity index (χ2v) is 11.4. The Kier molecular flexibility index (Phi) is 8.99. The molecule has 210 valence electrons. The summed E-state index contributed by atoms with van der Waals surface area (Å²) in [6.07, 6.45) is 0. The Labute approximate surface area is 242 Å². The van der Waals surface area contributed by atoms with Crippen LogP contribution < -0.4 is 10.5 Å². The number of halogens is 4. The van der Waals surface area contributed by atoms with Crippen LogP contribution in [0.15, 0.2) is 60.3 Å². The Morgan fingerprint density at radius 2 is 1.65 bits per heavy atom.